The Morgan fingerprint density at radius 3 is 2.56 bits per heavy atom. The van der Waals surface area contributed by atoms with Crippen LogP contribution < -0.4 is 10.3 Å². The van der Waals surface area contributed by atoms with Gasteiger partial charge in [0.1, 0.15) is 17.6 Å². The van der Waals surface area contributed by atoms with Crippen molar-refractivity contribution in [3.63, 3.8) is 0 Å². The number of carbonyl (C=O) groups is 2. The van der Waals surface area contributed by atoms with Gasteiger partial charge in [-0.1, -0.05) is 37.3 Å². The lowest BCUT2D eigenvalue weighted by atomic mass is 10.1. The molecule has 2 N–H and O–H groups in total. The van der Waals surface area contributed by atoms with E-state index in [1.54, 1.807) is 37.7 Å². The first kappa shape index (κ1) is 21.3. The van der Waals surface area contributed by atoms with Crippen LogP contribution in [0.5, 0.6) is 0 Å². The van der Waals surface area contributed by atoms with E-state index in [4.69, 9.17) is 4.98 Å². The largest absolute Gasteiger partial charge is 0.464 e. The highest BCUT2D eigenvalue weighted by Gasteiger charge is 2.43. The molecule has 2 amide bonds. The third kappa shape index (κ3) is 3.64. The third-order valence-electron chi connectivity index (χ3n) is 5.14. The number of nitrogens with one attached hydrogen (secondary N) is 1. The van der Waals surface area contributed by atoms with Gasteiger partial charge < -0.3 is 10.4 Å². The molecule has 1 unspecified atom stereocenters. The molecule has 32 heavy (non-hydrogen) atoms. The molecule has 3 aromatic rings. The number of imidazole rings is 1. The molecule has 1 aliphatic heterocycles. The van der Waals surface area contributed by atoms with Crippen molar-refractivity contribution in [3.05, 3.63) is 48.9 Å². The average molecular weight is 435 g/mol. The minimum Gasteiger partial charge on any atom is -0.464 e. The van der Waals surface area contributed by atoms with E-state index in [-0.39, 0.29) is 5.91 Å². The van der Waals surface area contributed by atoms with Crippen LogP contribution in [0, 0.1) is 0 Å². The van der Waals surface area contributed by atoms with Gasteiger partial charge >= 0.3 is 6.09 Å². The molecule has 3 heterocycles. The first-order chi connectivity index (χ1) is 15.2. The predicted octanol–water partition coefficient (Wildman–Crippen LogP) is 3.56. The molecule has 10 nitrogen and oxygen atoms in total. The summed E-state index contributed by atoms with van der Waals surface area (Å²) >= 11 is 0. The van der Waals surface area contributed by atoms with Gasteiger partial charge in [0.15, 0.2) is 5.82 Å². The molecular weight excluding hydrogens is 410 g/mol. The van der Waals surface area contributed by atoms with Crippen molar-refractivity contribution in [2.24, 2.45) is 0 Å². The summed E-state index contributed by atoms with van der Waals surface area (Å²) < 4.78 is 1.73. The van der Waals surface area contributed by atoms with E-state index in [0.717, 1.165) is 10.6 Å². The average Bonchev–Trinajstić information content (AvgIpc) is 3.23. The maximum absolute atomic E-state index is 12.8. The quantitative estimate of drug-likeness (QED) is 0.643. The molecule has 4 rings (SSSR count). The summed E-state index contributed by atoms with van der Waals surface area (Å²) in [7, 11) is 0. The van der Waals surface area contributed by atoms with Crippen molar-refractivity contribution >= 4 is 23.5 Å². The van der Waals surface area contributed by atoms with Crippen molar-refractivity contribution in [1.82, 2.24) is 24.5 Å². The van der Waals surface area contributed by atoms with Crippen LogP contribution in [0.3, 0.4) is 0 Å². The molecule has 0 saturated heterocycles. The van der Waals surface area contributed by atoms with E-state index in [2.05, 4.69) is 15.3 Å². The second kappa shape index (κ2) is 7.95. The SMILES string of the molecule is CCC1C(=O)Nc2cnc(-n3ccnc3-c3ccccc3)nc2N1N(C(=O)O)C(C)(C)C. The zero-order chi connectivity index (χ0) is 23.0. The molecule has 1 aromatic carbocycles. The summed E-state index contributed by atoms with van der Waals surface area (Å²) in [5.41, 5.74) is 0.418. The molecule has 10 heteroatoms. The van der Waals surface area contributed by atoms with Crippen LogP contribution in [0.2, 0.25) is 0 Å². The summed E-state index contributed by atoms with van der Waals surface area (Å²) in [6.07, 6.45) is 4.10. The van der Waals surface area contributed by atoms with Crippen molar-refractivity contribution in [2.45, 2.75) is 45.7 Å². The summed E-state index contributed by atoms with van der Waals surface area (Å²) in [6, 6.07) is 8.88. The van der Waals surface area contributed by atoms with Gasteiger partial charge in [-0.05, 0) is 27.2 Å². The van der Waals surface area contributed by atoms with Gasteiger partial charge in [-0.3, -0.25) is 9.36 Å². The lowest BCUT2D eigenvalue weighted by Gasteiger charge is -2.47. The standard InChI is InChI=1S/C22H25N7O3/c1-5-16-19(30)25-15-13-24-20(26-18(15)28(16)29(21(31)32)22(2,3)4)27-12-11-23-17(27)14-9-7-6-8-10-14/h6-13,16H,5H2,1-4H3,(H,25,30)(H,31,32). The number of rotatable bonds is 4. The first-order valence-electron chi connectivity index (χ1n) is 10.3. The van der Waals surface area contributed by atoms with Gasteiger partial charge in [0, 0.05) is 18.0 Å². The van der Waals surface area contributed by atoms with E-state index in [1.807, 2.05) is 37.3 Å². The zero-order valence-electron chi connectivity index (χ0n) is 18.4. The lowest BCUT2D eigenvalue weighted by molar-refractivity contribution is -0.118. The maximum atomic E-state index is 12.8. The van der Waals surface area contributed by atoms with E-state index < -0.39 is 17.7 Å². The van der Waals surface area contributed by atoms with E-state index in [9.17, 15) is 14.7 Å². The Morgan fingerprint density at radius 1 is 1.22 bits per heavy atom. The molecule has 0 fully saturated rings. The summed E-state index contributed by atoms with van der Waals surface area (Å²) in [6.45, 7) is 7.14. The predicted molar refractivity (Wildman–Crippen MR) is 119 cm³/mol. The fraction of sp³-hybridized carbons (Fsp3) is 0.318. The molecule has 1 atom stereocenters. The zero-order valence-corrected chi connectivity index (χ0v) is 18.4. The first-order valence-corrected chi connectivity index (χ1v) is 10.3. The van der Waals surface area contributed by atoms with Crippen molar-refractivity contribution < 1.29 is 14.7 Å². The molecular formula is C22H25N7O3. The topological polar surface area (TPSA) is 116 Å². The van der Waals surface area contributed by atoms with Crippen LogP contribution >= 0.6 is 0 Å². The number of hydrogen-bond donors (Lipinski definition) is 2. The van der Waals surface area contributed by atoms with Gasteiger partial charge in [0.25, 0.3) is 0 Å². The van der Waals surface area contributed by atoms with Crippen LogP contribution in [0.1, 0.15) is 34.1 Å². The number of fused-ring (bicyclic) bond motifs is 1. The minimum atomic E-state index is -1.18. The Balaban J connectivity index is 1.88. The Bertz CT molecular complexity index is 1150. The molecule has 0 spiro atoms. The number of benzene rings is 1. The number of carbonyl (C=O) groups excluding carboxylic acids is 1. The fourth-order valence-corrected chi connectivity index (χ4v) is 3.78. The second-order valence-electron chi connectivity index (χ2n) is 8.42. The highest BCUT2D eigenvalue weighted by molar-refractivity contribution is 6.03. The van der Waals surface area contributed by atoms with Gasteiger partial charge in [-0.25, -0.2) is 24.8 Å². The number of nitrogens with zero attached hydrogens (tertiary/aromatic N) is 6. The number of hydrazine groups is 1. The molecule has 0 bridgehead atoms. The Kier molecular flexibility index (Phi) is 5.29. The number of aromatic nitrogens is 4. The second-order valence-corrected chi connectivity index (χ2v) is 8.42. The van der Waals surface area contributed by atoms with Crippen molar-refractivity contribution in [2.75, 3.05) is 10.3 Å². The molecule has 2 aromatic heterocycles. The Labute approximate surface area is 185 Å². The highest BCUT2D eigenvalue weighted by Crippen LogP contribution is 2.35. The van der Waals surface area contributed by atoms with Crippen molar-refractivity contribution in [1.29, 1.82) is 0 Å². The van der Waals surface area contributed by atoms with Gasteiger partial charge in [-0.2, -0.15) is 4.98 Å². The molecule has 0 saturated carbocycles. The number of carboxylic acid groups (broad SMARTS) is 1. The van der Waals surface area contributed by atoms with E-state index >= 15 is 0 Å². The van der Waals surface area contributed by atoms with Crippen LogP contribution in [0.15, 0.2) is 48.9 Å². The summed E-state index contributed by atoms with van der Waals surface area (Å²) in [5.74, 6) is 0.969. The Hall–Kier alpha value is -3.95. The molecule has 1 aliphatic rings. The third-order valence-corrected chi connectivity index (χ3v) is 5.14. The van der Waals surface area contributed by atoms with Crippen LogP contribution in [-0.2, 0) is 4.79 Å². The normalized spacial score (nSPS) is 15.8. The molecule has 0 radical (unpaired) electrons. The minimum absolute atomic E-state index is 0.306. The van der Waals surface area contributed by atoms with Gasteiger partial charge in [0.05, 0.1) is 11.7 Å². The van der Waals surface area contributed by atoms with E-state index in [1.165, 1.54) is 11.2 Å². The molecule has 166 valence electrons. The van der Waals surface area contributed by atoms with Crippen molar-refractivity contribution in [3.8, 4) is 17.3 Å². The number of amides is 2. The van der Waals surface area contributed by atoms with Crippen LogP contribution in [0.25, 0.3) is 17.3 Å². The Morgan fingerprint density at radius 2 is 1.94 bits per heavy atom. The number of hydrogen-bond acceptors (Lipinski definition) is 6. The summed E-state index contributed by atoms with van der Waals surface area (Å²) in [4.78, 5) is 38.6. The van der Waals surface area contributed by atoms with Crippen LogP contribution in [-0.4, -0.2) is 53.2 Å². The number of anilines is 2. The highest BCUT2D eigenvalue weighted by atomic mass is 16.4. The fourth-order valence-electron chi connectivity index (χ4n) is 3.78. The van der Waals surface area contributed by atoms with Gasteiger partial charge in [0.2, 0.25) is 11.9 Å². The van der Waals surface area contributed by atoms with E-state index in [0.29, 0.717) is 29.7 Å². The monoisotopic (exact) mass is 435 g/mol. The van der Waals surface area contributed by atoms with Gasteiger partial charge in [-0.15, -0.1) is 0 Å². The molecule has 0 aliphatic carbocycles. The summed E-state index contributed by atoms with van der Waals surface area (Å²) in [5, 5.41) is 15.4. The maximum Gasteiger partial charge on any atom is 0.426 e. The van der Waals surface area contributed by atoms with Crippen LogP contribution in [0.4, 0.5) is 16.3 Å². The smallest absolute Gasteiger partial charge is 0.426 e. The lowest BCUT2D eigenvalue weighted by Crippen LogP contribution is -2.63.